The van der Waals surface area contributed by atoms with E-state index in [0.29, 0.717) is 5.92 Å². The quantitative estimate of drug-likeness (QED) is 0.909. The van der Waals surface area contributed by atoms with Crippen LogP contribution in [0.2, 0.25) is 5.02 Å². The lowest BCUT2D eigenvalue weighted by Crippen LogP contribution is -2.18. The Morgan fingerprint density at radius 2 is 2.11 bits per heavy atom. The molecule has 2 aromatic rings. The molecule has 0 fully saturated rings. The molecule has 3 nitrogen and oxygen atoms in total. The van der Waals surface area contributed by atoms with Crippen molar-refractivity contribution in [3.05, 3.63) is 33.8 Å². The molecule has 0 unspecified atom stereocenters. The van der Waals surface area contributed by atoms with E-state index in [1.54, 1.807) is 11.3 Å². The van der Waals surface area contributed by atoms with E-state index in [1.165, 1.54) is 0 Å². The highest BCUT2D eigenvalue weighted by Gasteiger charge is 2.08. The SMILES string of the molecule is Cc1ccc(-c2nnc(CNCC(C)C)s2)cc1Cl. The van der Waals surface area contributed by atoms with Crippen molar-refractivity contribution in [3.8, 4) is 10.6 Å². The second kappa shape index (κ2) is 6.46. The van der Waals surface area contributed by atoms with Gasteiger partial charge in [0.25, 0.3) is 0 Å². The van der Waals surface area contributed by atoms with Gasteiger partial charge in [0, 0.05) is 17.1 Å². The highest BCUT2D eigenvalue weighted by molar-refractivity contribution is 7.14. The lowest BCUT2D eigenvalue weighted by Gasteiger charge is -2.04. The number of hydrogen-bond acceptors (Lipinski definition) is 4. The molecule has 1 heterocycles. The van der Waals surface area contributed by atoms with Crippen LogP contribution >= 0.6 is 22.9 Å². The van der Waals surface area contributed by atoms with Gasteiger partial charge in [0.15, 0.2) is 0 Å². The van der Waals surface area contributed by atoms with Gasteiger partial charge < -0.3 is 5.32 Å². The normalized spacial score (nSPS) is 11.2. The summed E-state index contributed by atoms with van der Waals surface area (Å²) in [6.07, 6.45) is 0. The summed E-state index contributed by atoms with van der Waals surface area (Å²) in [6.45, 7) is 8.13. The fourth-order valence-electron chi connectivity index (χ4n) is 1.64. The Hall–Kier alpha value is -0.970. The zero-order chi connectivity index (χ0) is 13.8. The summed E-state index contributed by atoms with van der Waals surface area (Å²) in [5.41, 5.74) is 2.11. The number of rotatable bonds is 5. The molecule has 0 amide bonds. The minimum Gasteiger partial charge on any atom is -0.310 e. The highest BCUT2D eigenvalue weighted by Crippen LogP contribution is 2.27. The predicted molar refractivity (Wildman–Crippen MR) is 81.6 cm³/mol. The number of nitrogens with zero attached hydrogens (tertiary/aromatic N) is 2. The maximum atomic E-state index is 6.13. The molecule has 0 saturated heterocycles. The van der Waals surface area contributed by atoms with Gasteiger partial charge in [-0.05, 0) is 31.0 Å². The first-order chi connectivity index (χ1) is 9.06. The van der Waals surface area contributed by atoms with Crippen molar-refractivity contribution in [2.75, 3.05) is 6.54 Å². The van der Waals surface area contributed by atoms with Crippen molar-refractivity contribution in [1.29, 1.82) is 0 Å². The lowest BCUT2D eigenvalue weighted by molar-refractivity contribution is 0.550. The Balaban J connectivity index is 2.05. The number of aryl methyl sites for hydroxylation is 1. The van der Waals surface area contributed by atoms with Crippen molar-refractivity contribution < 1.29 is 0 Å². The second-order valence-electron chi connectivity index (χ2n) is 4.99. The van der Waals surface area contributed by atoms with Crippen LogP contribution in [0.1, 0.15) is 24.4 Å². The average Bonchev–Trinajstić information content (AvgIpc) is 2.81. The van der Waals surface area contributed by atoms with Crippen molar-refractivity contribution >= 4 is 22.9 Å². The topological polar surface area (TPSA) is 37.8 Å². The summed E-state index contributed by atoms with van der Waals surface area (Å²) in [5.74, 6) is 0.642. The minimum absolute atomic E-state index is 0.642. The van der Waals surface area contributed by atoms with Gasteiger partial charge in [-0.25, -0.2) is 0 Å². The Kier molecular flexibility index (Phi) is 4.91. The standard InChI is InChI=1S/C14H18ClN3S/c1-9(2)7-16-8-13-17-18-14(19-13)11-5-4-10(3)12(15)6-11/h4-6,9,16H,7-8H2,1-3H3. The van der Waals surface area contributed by atoms with Gasteiger partial charge in [0.1, 0.15) is 10.0 Å². The van der Waals surface area contributed by atoms with E-state index in [0.717, 1.165) is 39.3 Å². The maximum absolute atomic E-state index is 6.13. The first-order valence-corrected chi connectivity index (χ1v) is 7.55. The summed E-state index contributed by atoms with van der Waals surface area (Å²) in [4.78, 5) is 0. The van der Waals surface area contributed by atoms with Gasteiger partial charge >= 0.3 is 0 Å². The van der Waals surface area contributed by atoms with Gasteiger partial charge in [-0.2, -0.15) is 0 Å². The molecule has 0 aliphatic rings. The number of hydrogen-bond donors (Lipinski definition) is 1. The molecule has 0 bridgehead atoms. The zero-order valence-electron chi connectivity index (χ0n) is 11.4. The summed E-state index contributed by atoms with van der Waals surface area (Å²) < 4.78 is 0. The van der Waals surface area contributed by atoms with Crippen LogP contribution in [0.5, 0.6) is 0 Å². The monoisotopic (exact) mass is 295 g/mol. The fourth-order valence-corrected chi connectivity index (χ4v) is 2.62. The highest BCUT2D eigenvalue weighted by atomic mass is 35.5. The third kappa shape index (κ3) is 4.00. The number of aromatic nitrogens is 2. The van der Waals surface area contributed by atoms with E-state index in [9.17, 15) is 0 Å². The van der Waals surface area contributed by atoms with E-state index < -0.39 is 0 Å². The van der Waals surface area contributed by atoms with Gasteiger partial charge in [0.2, 0.25) is 0 Å². The summed E-state index contributed by atoms with van der Waals surface area (Å²) in [6, 6.07) is 5.99. The Bertz CT molecular complexity index is 551. The average molecular weight is 296 g/mol. The van der Waals surface area contributed by atoms with E-state index >= 15 is 0 Å². The second-order valence-corrected chi connectivity index (χ2v) is 6.46. The van der Waals surface area contributed by atoms with E-state index in [2.05, 4.69) is 29.4 Å². The summed E-state index contributed by atoms with van der Waals surface area (Å²) in [7, 11) is 0. The number of halogens is 1. The van der Waals surface area contributed by atoms with Gasteiger partial charge in [-0.3, -0.25) is 0 Å². The van der Waals surface area contributed by atoms with E-state index in [1.807, 2.05) is 25.1 Å². The van der Waals surface area contributed by atoms with Crippen LogP contribution in [0.25, 0.3) is 10.6 Å². The zero-order valence-corrected chi connectivity index (χ0v) is 13.0. The first kappa shape index (κ1) is 14.4. The molecule has 1 aromatic carbocycles. The molecule has 0 atom stereocenters. The molecule has 0 aliphatic carbocycles. The number of nitrogens with one attached hydrogen (secondary N) is 1. The Morgan fingerprint density at radius 3 is 2.79 bits per heavy atom. The lowest BCUT2D eigenvalue weighted by atomic mass is 10.2. The molecule has 5 heteroatoms. The van der Waals surface area contributed by atoms with Crippen LogP contribution in [-0.4, -0.2) is 16.7 Å². The molecule has 0 spiro atoms. The first-order valence-electron chi connectivity index (χ1n) is 6.36. The summed E-state index contributed by atoms with van der Waals surface area (Å²) in [5, 5.41) is 14.5. The Morgan fingerprint density at radius 1 is 1.32 bits per heavy atom. The van der Waals surface area contributed by atoms with Crippen molar-refractivity contribution in [2.45, 2.75) is 27.3 Å². The van der Waals surface area contributed by atoms with Gasteiger partial charge in [-0.1, -0.05) is 48.9 Å². The molecule has 0 aliphatic heterocycles. The minimum atomic E-state index is 0.642. The van der Waals surface area contributed by atoms with Crippen LogP contribution in [0.4, 0.5) is 0 Å². The molecule has 1 aromatic heterocycles. The van der Waals surface area contributed by atoms with Crippen molar-refractivity contribution in [2.24, 2.45) is 5.92 Å². The molecular formula is C14H18ClN3S. The fraction of sp³-hybridized carbons (Fsp3) is 0.429. The summed E-state index contributed by atoms with van der Waals surface area (Å²) >= 11 is 7.74. The van der Waals surface area contributed by atoms with Crippen LogP contribution in [0.3, 0.4) is 0 Å². The smallest absolute Gasteiger partial charge is 0.147 e. The van der Waals surface area contributed by atoms with E-state index in [-0.39, 0.29) is 0 Å². The molecule has 19 heavy (non-hydrogen) atoms. The predicted octanol–water partition coefficient (Wildman–Crippen LogP) is 3.91. The van der Waals surface area contributed by atoms with E-state index in [4.69, 9.17) is 11.6 Å². The van der Waals surface area contributed by atoms with Gasteiger partial charge in [-0.15, -0.1) is 10.2 Å². The molecule has 2 rings (SSSR count). The molecule has 1 N–H and O–H groups in total. The van der Waals surface area contributed by atoms with Gasteiger partial charge in [0.05, 0.1) is 0 Å². The van der Waals surface area contributed by atoms with Crippen LogP contribution in [0.15, 0.2) is 18.2 Å². The molecular weight excluding hydrogens is 278 g/mol. The molecule has 0 radical (unpaired) electrons. The van der Waals surface area contributed by atoms with Crippen molar-refractivity contribution in [3.63, 3.8) is 0 Å². The molecule has 0 saturated carbocycles. The number of benzene rings is 1. The Labute approximate surface area is 123 Å². The van der Waals surface area contributed by atoms with Crippen LogP contribution in [-0.2, 0) is 6.54 Å². The maximum Gasteiger partial charge on any atom is 0.147 e. The molecule has 102 valence electrons. The van der Waals surface area contributed by atoms with Crippen LogP contribution < -0.4 is 5.32 Å². The third-order valence-electron chi connectivity index (χ3n) is 2.71. The third-order valence-corrected chi connectivity index (χ3v) is 4.09. The van der Waals surface area contributed by atoms with Crippen molar-refractivity contribution in [1.82, 2.24) is 15.5 Å². The van der Waals surface area contributed by atoms with Crippen LogP contribution in [0, 0.1) is 12.8 Å². The largest absolute Gasteiger partial charge is 0.310 e.